The van der Waals surface area contributed by atoms with E-state index in [1.165, 1.54) is 5.56 Å². The average molecular weight is 430 g/mol. The summed E-state index contributed by atoms with van der Waals surface area (Å²) in [5.41, 5.74) is 2.19. The third kappa shape index (κ3) is 4.24. The fourth-order valence-corrected chi connectivity index (χ4v) is 2.87. The van der Waals surface area contributed by atoms with Crippen molar-refractivity contribution < 1.29 is 4.52 Å². The molecular formula is C15H23IN6O. The van der Waals surface area contributed by atoms with E-state index in [0.29, 0.717) is 12.5 Å². The van der Waals surface area contributed by atoms with Gasteiger partial charge in [-0.15, -0.1) is 24.0 Å². The van der Waals surface area contributed by atoms with Gasteiger partial charge in [0.15, 0.2) is 11.7 Å². The molecule has 0 aromatic carbocycles. The molecule has 126 valence electrons. The summed E-state index contributed by atoms with van der Waals surface area (Å²) in [6.07, 6.45) is 5.18. The number of nitrogens with zero attached hydrogens (tertiary/aromatic N) is 5. The van der Waals surface area contributed by atoms with Gasteiger partial charge in [-0.25, -0.2) is 0 Å². The first-order valence-corrected chi connectivity index (χ1v) is 7.52. The molecule has 0 saturated carbocycles. The van der Waals surface area contributed by atoms with Gasteiger partial charge in [-0.2, -0.15) is 5.10 Å². The molecule has 1 unspecified atom stereocenters. The molecular weight excluding hydrogens is 407 g/mol. The number of aliphatic imine (C=N–C) groups is 1. The van der Waals surface area contributed by atoms with Gasteiger partial charge in [-0.3, -0.25) is 9.67 Å². The van der Waals surface area contributed by atoms with Crippen molar-refractivity contribution in [3.8, 4) is 0 Å². The standard InChI is InChI=1S/C15H22N6O.HI/c1-11-6-14(22-19-11)8-17-15(16-2)21-5-4-12(10-21)13-7-18-20(3)9-13;/h6-7,9,12H,4-5,8,10H2,1-3H3,(H,16,17);1H. The Kier molecular flexibility index (Phi) is 6.03. The van der Waals surface area contributed by atoms with Crippen LogP contribution in [0.5, 0.6) is 0 Å². The van der Waals surface area contributed by atoms with Gasteiger partial charge >= 0.3 is 0 Å². The predicted octanol–water partition coefficient (Wildman–Crippen LogP) is 1.90. The summed E-state index contributed by atoms with van der Waals surface area (Å²) in [4.78, 5) is 6.65. The lowest BCUT2D eigenvalue weighted by Crippen LogP contribution is -2.39. The molecule has 8 heteroatoms. The number of rotatable bonds is 3. The van der Waals surface area contributed by atoms with Gasteiger partial charge in [0.2, 0.25) is 0 Å². The molecule has 23 heavy (non-hydrogen) atoms. The lowest BCUT2D eigenvalue weighted by atomic mass is 10.0. The fraction of sp³-hybridized carbons (Fsp3) is 0.533. The molecule has 7 nitrogen and oxygen atoms in total. The number of likely N-dealkylation sites (tertiary alicyclic amines) is 1. The molecule has 3 heterocycles. The van der Waals surface area contributed by atoms with Crippen LogP contribution in [-0.2, 0) is 13.6 Å². The van der Waals surface area contributed by atoms with E-state index >= 15 is 0 Å². The number of halogens is 1. The first-order valence-electron chi connectivity index (χ1n) is 7.52. The molecule has 1 atom stereocenters. The van der Waals surface area contributed by atoms with Gasteiger partial charge in [0, 0.05) is 45.4 Å². The first-order chi connectivity index (χ1) is 10.7. The number of hydrogen-bond donors (Lipinski definition) is 1. The van der Waals surface area contributed by atoms with E-state index in [0.717, 1.165) is 36.9 Å². The molecule has 0 spiro atoms. The zero-order chi connectivity index (χ0) is 15.5. The molecule has 1 fully saturated rings. The van der Waals surface area contributed by atoms with Crippen molar-refractivity contribution in [1.82, 2.24) is 25.2 Å². The summed E-state index contributed by atoms with van der Waals surface area (Å²) in [5, 5.41) is 11.5. The zero-order valence-electron chi connectivity index (χ0n) is 13.7. The maximum absolute atomic E-state index is 5.22. The quantitative estimate of drug-likeness (QED) is 0.458. The van der Waals surface area contributed by atoms with Crippen LogP contribution in [0.15, 0.2) is 28.0 Å². The van der Waals surface area contributed by atoms with E-state index in [9.17, 15) is 0 Å². The van der Waals surface area contributed by atoms with Crippen molar-refractivity contribution in [3.63, 3.8) is 0 Å². The molecule has 1 aliphatic heterocycles. The summed E-state index contributed by atoms with van der Waals surface area (Å²) in [6, 6.07) is 1.93. The molecule has 1 N–H and O–H groups in total. The molecule has 3 rings (SSSR count). The van der Waals surface area contributed by atoms with E-state index in [-0.39, 0.29) is 24.0 Å². The van der Waals surface area contributed by atoms with E-state index in [1.807, 2.05) is 38.0 Å². The normalized spacial score (nSPS) is 18.1. The minimum absolute atomic E-state index is 0. The number of nitrogens with one attached hydrogen (secondary N) is 1. The molecule has 2 aromatic rings. The predicted molar refractivity (Wildman–Crippen MR) is 99.0 cm³/mol. The minimum atomic E-state index is 0. The third-order valence-corrected chi connectivity index (χ3v) is 3.99. The van der Waals surface area contributed by atoms with Gasteiger partial charge in [0.05, 0.1) is 18.4 Å². The maximum Gasteiger partial charge on any atom is 0.194 e. The van der Waals surface area contributed by atoms with Crippen LogP contribution < -0.4 is 5.32 Å². The highest BCUT2D eigenvalue weighted by Crippen LogP contribution is 2.26. The number of hydrogen-bond acceptors (Lipinski definition) is 4. The highest BCUT2D eigenvalue weighted by Gasteiger charge is 2.26. The minimum Gasteiger partial charge on any atom is -0.359 e. The number of aromatic nitrogens is 3. The van der Waals surface area contributed by atoms with Crippen molar-refractivity contribution in [1.29, 1.82) is 0 Å². The molecule has 1 saturated heterocycles. The van der Waals surface area contributed by atoms with Crippen LogP contribution in [-0.4, -0.2) is 45.9 Å². The smallest absolute Gasteiger partial charge is 0.194 e. The Morgan fingerprint density at radius 2 is 2.35 bits per heavy atom. The second-order valence-electron chi connectivity index (χ2n) is 5.71. The van der Waals surface area contributed by atoms with Crippen LogP contribution in [0.3, 0.4) is 0 Å². The van der Waals surface area contributed by atoms with E-state index in [4.69, 9.17) is 4.52 Å². The SMILES string of the molecule is CN=C(NCc1cc(C)no1)N1CCC(c2cnn(C)c2)C1.I. The molecule has 0 radical (unpaired) electrons. The largest absolute Gasteiger partial charge is 0.359 e. The van der Waals surface area contributed by atoms with Crippen LogP contribution in [0.2, 0.25) is 0 Å². The molecule has 0 aliphatic carbocycles. The van der Waals surface area contributed by atoms with Crippen LogP contribution in [0.25, 0.3) is 0 Å². The van der Waals surface area contributed by atoms with E-state index in [1.54, 1.807) is 0 Å². The van der Waals surface area contributed by atoms with Crippen LogP contribution >= 0.6 is 24.0 Å². The second-order valence-corrected chi connectivity index (χ2v) is 5.71. The van der Waals surface area contributed by atoms with Gasteiger partial charge in [0.1, 0.15) is 0 Å². The number of guanidine groups is 1. The monoisotopic (exact) mass is 430 g/mol. The van der Waals surface area contributed by atoms with Gasteiger partial charge in [0.25, 0.3) is 0 Å². The summed E-state index contributed by atoms with van der Waals surface area (Å²) in [6.45, 7) is 4.47. The van der Waals surface area contributed by atoms with Crippen LogP contribution in [0, 0.1) is 6.92 Å². The molecule has 2 aromatic heterocycles. The molecule has 0 amide bonds. The Labute approximate surface area is 153 Å². The van der Waals surface area contributed by atoms with Crippen LogP contribution in [0.4, 0.5) is 0 Å². The van der Waals surface area contributed by atoms with Gasteiger partial charge in [-0.05, 0) is 18.9 Å². The fourth-order valence-electron chi connectivity index (χ4n) is 2.87. The highest BCUT2D eigenvalue weighted by atomic mass is 127. The van der Waals surface area contributed by atoms with Crippen molar-refractivity contribution in [2.24, 2.45) is 12.0 Å². The van der Waals surface area contributed by atoms with E-state index < -0.39 is 0 Å². The Balaban J connectivity index is 0.00000192. The highest BCUT2D eigenvalue weighted by molar-refractivity contribution is 14.0. The van der Waals surface area contributed by atoms with Gasteiger partial charge in [-0.1, -0.05) is 5.16 Å². The number of aryl methyl sites for hydroxylation is 2. The van der Waals surface area contributed by atoms with Crippen molar-refractivity contribution in [2.45, 2.75) is 25.8 Å². The van der Waals surface area contributed by atoms with Gasteiger partial charge < -0.3 is 14.7 Å². The first kappa shape index (κ1) is 17.8. The second kappa shape index (κ2) is 7.80. The third-order valence-electron chi connectivity index (χ3n) is 3.99. The molecule has 0 bridgehead atoms. The van der Waals surface area contributed by atoms with Crippen molar-refractivity contribution in [2.75, 3.05) is 20.1 Å². The lowest BCUT2D eigenvalue weighted by Gasteiger charge is -2.21. The summed E-state index contributed by atoms with van der Waals surface area (Å²) in [7, 11) is 3.77. The Hall–Kier alpha value is -1.58. The summed E-state index contributed by atoms with van der Waals surface area (Å²) < 4.78 is 7.08. The van der Waals surface area contributed by atoms with Crippen LogP contribution in [0.1, 0.15) is 29.4 Å². The maximum atomic E-state index is 5.22. The molecule has 1 aliphatic rings. The summed E-state index contributed by atoms with van der Waals surface area (Å²) in [5.74, 6) is 2.24. The topological polar surface area (TPSA) is 71.5 Å². The zero-order valence-corrected chi connectivity index (χ0v) is 16.0. The van der Waals surface area contributed by atoms with Crippen molar-refractivity contribution in [3.05, 3.63) is 35.5 Å². The average Bonchev–Trinajstić information content (AvgIpc) is 3.21. The van der Waals surface area contributed by atoms with Crippen molar-refractivity contribution >= 4 is 29.9 Å². The lowest BCUT2D eigenvalue weighted by molar-refractivity contribution is 0.373. The van der Waals surface area contributed by atoms with E-state index in [2.05, 4.69) is 31.7 Å². The Morgan fingerprint density at radius 1 is 1.52 bits per heavy atom. The Morgan fingerprint density at radius 3 is 2.96 bits per heavy atom. The Bertz CT molecular complexity index is 664. The summed E-state index contributed by atoms with van der Waals surface area (Å²) >= 11 is 0.